The summed E-state index contributed by atoms with van der Waals surface area (Å²) < 4.78 is 5.66. The zero-order valence-electron chi connectivity index (χ0n) is 13.9. The number of rotatable bonds is 7. The summed E-state index contributed by atoms with van der Waals surface area (Å²) in [5.74, 6) is -0.541. The lowest BCUT2D eigenvalue weighted by Gasteiger charge is -2.20. The Hall–Kier alpha value is -2.41. The van der Waals surface area contributed by atoms with Crippen LogP contribution in [0.25, 0.3) is 0 Å². The fourth-order valence-electron chi connectivity index (χ4n) is 1.94. The van der Waals surface area contributed by atoms with E-state index in [-0.39, 0.29) is 12.3 Å². The van der Waals surface area contributed by atoms with Crippen LogP contribution in [0, 0.1) is 6.92 Å². The van der Waals surface area contributed by atoms with Crippen LogP contribution < -0.4 is 4.74 Å². The summed E-state index contributed by atoms with van der Waals surface area (Å²) in [7, 11) is 1.48. The molecule has 1 atom stereocenters. The molecule has 6 nitrogen and oxygen atoms in total. The minimum Gasteiger partial charge on any atom is -0.486 e. The fourth-order valence-corrected chi connectivity index (χ4v) is 2.64. The molecule has 0 saturated carbocycles. The second-order valence-electron chi connectivity index (χ2n) is 5.53. The summed E-state index contributed by atoms with van der Waals surface area (Å²) in [4.78, 5) is 28.6. The molecule has 0 bridgehead atoms. The van der Waals surface area contributed by atoms with Gasteiger partial charge in [0.05, 0.1) is 12.1 Å². The number of nitrogens with zero attached hydrogens (tertiary/aromatic N) is 2. The molecule has 1 N–H and O–H groups in total. The van der Waals surface area contributed by atoms with Crippen molar-refractivity contribution in [1.29, 1.82) is 0 Å². The molecule has 1 aromatic heterocycles. The lowest BCUT2D eigenvalue weighted by Crippen LogP contribution is -2.41. The number of amides is 1. The van der Waals surface area contributed by atoms with E-state index in [1.807, 2.05) is 31.2 Å². The number of aliphatic carboxylic acids is 1. The molecule has 1 unspecified atom stereocenters. The molecular formula is C17H20N2O4S. The van der Waals surface area contributed by atoms with Crippen LogP contribution in [0.3, 0.4) is 0 Å². The van der Waals surface area contributed by atoms with Crippen molar-refractivity contribution in [2.24, 2.45) is 0 Å². The first-order valence-electron chi connectivity index (χ1n) is 7.48. The molecule has 0 spiro atoms. The second-order valence-corrected chi connectivity index (χ2v) is 6.47. The highest BCUT2D eigenvalue weighted by molar-refractivity contribution is 7.09. The number of benzene rings is 1. The maximum absolute atomic E-state index is 12.1. The molecule has 0 saturated heterocycles. The molecule has 0 aliphatic carbocycles. The van der Waals surface area contributed by atoms with Gasteiger partial charge in [0.2, 0.25) is 5.91 Å². The summed E-state index contributed by atoms with van der Waals surface area (Å²) in [6.07, 6.45) is 0.0785. The Kier molecular flexibility index (Phi) is 5.92. The smallest absolute Gasteiger partial charge is 0.326 e. The summed E-state index contributed by atoms with van der Waals surface area (Å²) in [6, 6.07) is 6.88. The zero-order chi connectivity index (χ0) is 17.7. The standard InChI is InChI=1S/C17H20N2O4S/c1-11-4-6-14(7-5-11)23-9-15-18-13(10-24-15)8-16(20)19(3)12(2)17(21)22/h4-7,10,12H,8-9H2,1-3H3,(H,21,22). The Balaban J connectivity index is 1.89. The normalized spacial score (nSPS) is 11.8. The van der Waals surface area contributed by atoms with Crippen LogP contribution in [-0.4, -0.2) is 40.0 Å². The zero-order valence-corrected chi connectivity index (χ0v) is 14.7. The van der Waals surface area contributed by atoms with Crippen LogP contribution in [0.4, 0.5) is 0 Å². The molecular weight excluding hydrogens is 328 g/mol. The van der Waals surface area contributed by atoms with Gasteiger partial charge in [-0.1, -0.05) is 17.7 Å². The quantitative estimate of drug-likeness (QED) is 0.832. The van der Waals surface area contributed by atoms with Crippen molar-refractivity contribution in [2.75, 3.05) is 7.05 Å². The van der Waals surface area contributed by atoms with E-state index in [2.05, 4.69) is 4.98 Å². The molecule has 1 aromatic carbocycles. The molecule has 1 heterocycles. The number of hydrogen-bond donors (Lipinski definition) is 1. The van der Waals surface area contributed by atoms with Crippen molar-refractivity contribution in [3.8, 4) is 5.75 Å². The van der Waals surface area contributed by atoms with Gasteiger partial charge in [0.15, 0.2) is 0 Å². The van der Waals surface area contributed by atoms with E-state index in [4.69, 9.17) is 9.84 Å². The van der Waals surface area contributed by atoms with Gasteiger partial charge in [0.1, 0.15) is 23.4 Å². The first kappa shape index (κ1) is 17.9. The molecule has 2 rings (SSSR count). The molecule has 7 heteroatoms. The van der Waals surface area contributed by atoms with Gasteiger partial charge in [-0.3, -0.25) is 4.79 Å². The molecule has 2 aromatic rings. The van der Waals surface area contributed by atoms with E-state index >= 15 is 0 Å². The van der Waals surface area contributed by atoms with Crippen molar-refractivity contribution >= 4 is 23.2 Å². The Bertz CT molecular complexity index is 712. The third-order valence-electron chi connectivity index (χ3n) is 3.65. The number of hydrogen-bond acceptors (Lipinski definition) is 5. The van der Waals surface area contributed by atoms with Crippen molar-refractivity contribution in [2.45, 2.75) is 32.9 Å². The molecule has 24 heavy (non-hydrogen) atoms. The lowest BCUT2D eigenvalue weighted by molar-refractivity contribution is -0.148. The first-order valence-corrected chi connectivity index (χ1v) is 8.36. The van der Waals surface area contributed by atoms with Crippen molar-refractivity contribution in [3.05, 3.63) is 45.9 Å². The maximum Gasteiger partial charge on any atom is 0.326 e. The molecule has 0 aliphatic rings. The second kappa shape index (κ2) is 7.92. The topological polar surface area (TPSA) is 79.7 Å². The molecule has 0 fully saturated rings. The summed E-state index contributed by atoms with van der Waals surface area (Å²) in [5.41, 5.74) is 1.79. The van der Waals surface area contributed by atoms with E-state index < -0.39 is 12.0 Å². The van der Waals surface area contributed by atoms with Gasteiger partial charge in [0.25, 0.3) is 0 Å². The highest BCUT2D eigenvalue weighted by Gasteiger charge is 2.22. The van der Waals surface area contributed by atoms with Crippen LogP contribution in [0.5, 0.6) is 5.75 Å². The monoisotopic (exact) mass is 348 g/mol. The lowest BCUT2D eigenvalue weighted by atomic mass is 10.2. The van der Waals surface area contributed by atoms with Gasteiger partial charge in [-0.25, -0.2) is 9.78 Å². The highest BCUT2D eigenvalue weighted by atomic mass is 32.1. The molecule has 128 valence electrons. The van der Waals surface area contributed by atoms with E-state index in [1.54, 1.807) is 5.38 Å². The largest absolute Gasteiger partial charge is 0.486 e. The van der Waals surface area contributed by atoms with E-state index in [1.165, 1.54) is 30.2 Å². The Morgan fingerprint density at radius 2 is 2.00 bits per heavy atom. The highest BCUT2D eigenvalue weighted by Crippen LogP contribution is 2.16. The van der Waals surface area contributed by atoms with Gasteiger partial charge in [0, 0.05) is 12.4 Å². The number of thiazole rings is 1. The number of carboxylic acid groups (broad SMARTS) is 1. The Labute approximate surface area is 144 Å². The van der Waals surface area contributed by atoms with Gasteiger partial charge >= 0.3 is 5.97 Å². The first-order chi connectivity index (χ1) is 11.4. The minimum absolute atomic E-state index is 0.0785. The minimum atomic E-state index is -1.03. The number of aryl methyl sites for hydroxylation is 1. The third kappa shape index (κ3) is 4.79. The number of ether oxygens (including phenoxy) is 1. The number of carbonyl (C=O) groups excluding carboxylic acids is 1. The predicted octanol–water partition coefficient (Wildman–Crippen LogP) is 2.50. The van der Waals surface area contributed by atoms with E-state index in [0.717, 1.165) is 16.3 Å². The summed E-state index contributed by atoms with van der Waals surface area (Å²) in [5, 5.41) is 11.5. The van der Waals surface area contributed by atoms with E-state index in [0.29, 0.717) is 12.3 Å². The molecule has 0 radical (unpaired) electrons. The number of likely N-dealkylation sites (N-methyl/N-ethyl adjacent to an activating group) is 1. The fraction of sp³-hybridized carbons (Fsp3) is 0.353. The average Bonchev–Trinajstić information content (AvgIpc) is 3.00. The predicted molar refractivity (Wildman–Crippen MR) is 91.2 cm³/mol. The van der Waals surface area contributed by atoms with Crippen LogP contribution in [0.1, 0.15) is 23.2 Å². The van der Waals surface area contributed by atoms with Crippen LogP contribution in [0.15, 0.2) is 29.6 Å². The molecule has 1 amide bonds. The van der Waals surface area contributed by atoms with Gasteiger partial charge in [-0.05, 0) is 26.0 Å². The van der Waals surface area contributed by atoms with Crippen molar-refractivity contribution in [3.63, 3.8) is 0 Å². The van der Waals surface area contributed by atoms with Crippen LogP contribution in [-0.2, 0) is 22.6 Å². The van der Waals surface area contributed by atoms with Crippen LogP contribution in [0.2, 0.25) is 0 Å². The van der Waals surface area contributed by atoms with E-state index in [9.17, 15) is 9.59 Å². The Morgan fingerprint density at radius 3 is 2.62 bits per heavy atom. The Morgan fingerprint density at radius 1 is 1.33 bits per heavy atom. The van der Waals surface area contributed by atoms with Gasteiger partial charge in [-0.2, -0.15) is 0 Å². The number of carbonyl (C=O) groups is 2. The number of aromatic nitrogens is 1. The third-order valence-corrected chi connectivity index (χ3v) is 4.52. The summed E-state index contributed by atoms with van der Waals surface area (Å²) >= 11 is 1.42. The van der Waals surface area contributed by atoms with Crippen LogP contribution >= 0.6 is 11.3 Å². The maximum atomic E-state index is 12.1. The van der Waals surface area contributed by atoms with Gasteiger partial charge < -0.3 is 14.7 Å². The average molecular weight is 348 g/mol. The number of carboxylic acids is 1. The van der Waals surface area contributed by atoms with Crippen molar-refractivity contribution < 1.29 is 19.4 Å². The summed E-state index contributed by atoms with van der Waals surface area (Å²) in [6.45, 7) is 3.82. The SMILES string of the molecule is Cc1ccc(OCc2nc(CC(=O)N(C)C(C)C(=O)O)cs2)cc1. The van der Waals surface area contributed by atoms with Gasteiger partial charge in [-0.15, -0.1) is 11.3 Å². The molecule has 0 aliphatic heterocycles. The van der Waals surface area contributed by atoms with Crippen molar-refractivity contribution in [1.82, 2.24) is 9.88 Å².